The Morgan fingerprint density at radius 1 is 0.972 bits per heavy atom. The van der Waals surface area contributed by atoms with Gasteiger partial charge in [-0.05, 0) is 49.1 Å². The van der Waals surface area contributed by atoms with Crippen molar-refractivity contribution in [2.24, 2.45) is 0 Å². The van der Waals surface area contributed by atoms with Crippen LogP contribution in [0.4, 0.5) is 11.5 Å². The molecule has 1 saturated heterocycles. The second kappa shape index (κ2) is 10.3. The summed E-state index contributed by atoms with van der Waals surface area (Å²) in [5.74, 6) is 0.646. The number of hydrogen-bond acceptors (Lipinski definition) is 5. The highest BCUT2D eigenvalue weighted by Gasteiger charge is 2.34. The minimum absolute atomic E-state index is 0.193. The highest BCUT2D eigenvalue weighted by molar-refractivity contribution is 6.05. The van der Waals surface area contributed by atoms with E-state index in [0.717, 1.165) is 35.6 Å². The smallest absolute Gasteiger partial charge is 0.259 e. The summed E-state index contributed by atoms with van der Waals surface area (Å²) in [4.78, 5) is 19.9. The minimum atomic E-state index is -0.800. The fraction of sp³-hybridized carbons (Fsp3) is 0.276. The van der Waals surface area contributed by atoms with Gasteiger partial charge in [0.25, 0.3) is 5.91 Å². The predicted octanol–water partition coefficient (Wildman–Crippen LogP) is 4.96. The molecule has 0 spiro atoms. The summed E-state index contributed by atoms with van der Waals surface area (Å²) in [6.45, 7) is 3.51. The van der Waals surface area contributed by atoms with Gasteiger partial charge < -0.3 is 15.3 Å². The molecule has 36 heavy (non-hydrogen) atoms. The Kier molecular flexibility index (Phi) is 6.82. The zero-order valence-corrected chi connectivity index (χ0v) is 20.5. The molecule has 0 unspecified atom stereocenters. The van der Waals surface area contributed by atoms with Crippen LogP contribution >= 0.6 is 0 Å². The molecule has 0 bridgehead atoms. The van der Waals surface area contributed by atoms with Crippen molar-refractivity contribution < 1.29 is 9.90 Å². The van der Waals surface area contributed by atoms with Crippen LogP contribution < -0.4 is 10.2 Å². The van der Waals surface area contributed by atoms with Crippen LogP contribution in [0.25, 0.3) is 5.69 Å². The highest BCUT2D eigenvalue weighted by atomic mass is 16.3. The molecular weight excluding hydrogens is 450 g/mol. The maximum Gasteiger partial charge on any atom is 0.259 e. The molecular formula is C29H31N5O2. The van der Waals surface area contributed by atoms with Crippen molar-refractivity contribution in [2.45, 2.75) is 38.2 Å². The molecule has 4 aromatic rings. The SMILES string of the molecule is CCCc1c(C(=O)Nc2ccc(N3CCC(O)(c4ccccc4)CC3)nc2)cnn1-c1ccccc1. The Morgan fingerprint density at radius 3 is 2.31 bits per heavy atom. The lowest BCUT2D eigenvalue weighted by molar-refractivity contribution is 0.0116. The van der Waals surface area contributed by atoms with Crippen LogP contribution in [0.1, 0.15) is 47.8 Å². The number of rotatable bonds is 7. The quantitative estimate of drug-likeness (QED) is 0.390. The van der Waals surface area contributed by atoms with Crippen molar-refractivity contribution in [1.29, 1.82) is 0 Å². The van der Waals surface area contributed by atoms with E-state index in [9.17, 15) is 9.90 Å². The van der Waals surface area contributed by atoms with Crippen LogP contribution in [0.5, 0.6) is 0 Å². The van der Waals surface area contributed by atoms with Crippen molar-refractivity contribution in [1.82, 2.24) is 14.8 Å². The van der Waals surface area contributed by atoms with E-state index in [4.69, 9.17) is 0 Å². The lowest BCUT2D eigenvalue weighted by Gasteiger charge is -2.39. The van der Waals surface area contributed by atoms with Crippen molar-refractivity contribution in [2.75, 3.05) is 23.3 Å². The first kappa shape index (κ1) is 23.8. The number of benzene rings is 2. The van der Waals surface area contributed by atoms with Crippen molar-refractivity contribution in [3.05, 3.63) is 102 Å². The Balaban J connectivity index is 1.25. The molecule has 5 rings (SSSR count). The van der Waals surface area contributed by atoms with Crippen molar-refractivity contribution in [3.63, 3.8) is 0 Å². The fourth-order valence-corrected chi connectivity index (χ4v) is 4.82. The molecule has 7 heteroatoms. The maximum absolute atomic E-state index is 13.1. The first-order valence-electron chi connectivity index (χ1n) is 12.5. The fourth-order valence-electron chi connectivity index (χ4n) is 4.82. The van der Waals surface area contributed by atoms with Gasteiger partial charge in [0.15, 0.2) is 0 Å². The average molecular weight is 482 g/mol. The molecule has 1 amide bonds. The number of aromatic nitrogens is 3. The summed E-state index contributed by atoms with van der Waals surface area (Å²) >= 11 is 0. The summed E-state index contributed by atoms with van der Waals surface area (Å²) in [5, 5.41) is 18.6. The van der Waals surface area contributed by atoms with Gasteiger partial charge in [-0.15, -0.1) is 0 Å². The lowest BCUT2D eigenvalue weighted by Crippen LogP contribution is -2.42. The molecule has 1 fully saturated rings. The molecule has 0 aliphatic carbocycles. The molecule has 3 heterocycles. The van der Waals surface area contributed by atoms with Gasteiger partial charge in [0.1, 0.15) is 5.82 Å². The van der Waals surface area contributed by atoms with Crippen molar-refractivity contribution >= 4 is 17.4 Å². The molecule has 0 atom stereocenters. The third-order valence-electron chi connectivity index (χ3n) is 6.83. The number of hydrogen-bond donors (Lipinski definition) is 2. The molecule has 184 valence electrons. The number of para-hydroxylation sites is 1. The van der Waals surface area contributed by atoms with E-state index in [1.54, 1.807) is 12.4 Å². The van der Waals surface area contributed by atoms with Crippen molar-refractivity contribution in [3.8, 4) is 5.69 Å². The second-order valence-corrected chi connectivity index (χ2v) is 9.25. The number of amides is 1. The van der Waals surface area contributed by atoms with Crippen LogP contribution in [0.3, 0.4) is 0 Å². The molecule has 1 aliphatic rings. The topological polar surface area (TPSA) is 83.3 Å². The van der Waals surface area contributed by atoms with E-state index in [2.05, 4.69) is 27.2 Å². The van der Waals surface area contributed by atoms with E-state index in [-0.39, 0.29) is 5.91 Å². The summed E-state index contributed by atoms with van der Waals surface area (Å²) in [6, 6.07) is 23.5. The highest BCUT2D eigenvalue weighted by Crippen LogP contribution is 2.34. The monoisotopic (exact) mass is 481 g/mol. The van der Waals surface area contributed by atoms with Gasteiger partial charge >= 0.3 is 0 Å². The van der Waals surface area contributed by atoms with Crippen LogP contribution in [-0.2, 0) is 12.0 Å². The van der Waals surface area contributed by atoms with E-state index >= 15 is 0 Å². The zero-order valence-electron chi connectivity index (χ0n) is 20.5. The summed E-state index contributed by atoms with van der Waals surface area (Å²) in [7, 11) is 0. The summed E-state index contributed by atoms with van der Waals surface area (Å²) in [6.07, 6.45) is 6.26. The molecule has 2 aromatic carbocycles. The number of nitrogens with zero attached hydrogens (tertiary/aromatic N) is 4. The molecule has 2 N–H and O–H groups in total. The molecule has 7 nitrogen and oxygen atoms in total. The van der Waals surface area contributed by atoms with E-state index in [1.807, 2.05) is 77.5 Å². The van der Waals surface area contributed by atoms with Gasteiger partial charge in [0, 0.05) is 13.1 Å². The van der Waals surface area contributed by atoms with Crippen LogP contribution in [0, 0.1) is 0 Å². The first-order chi connectivity index (χ1) is 17.6. The molecule has 1 aliphatic heterocycles. The number of piperidine rings is 1. The maximum atomic E-state index is 13.1. The number of anilines is 2. The Bertz CT molecular complexity index is 1290. The van der Waals surface area contributed by atoms with Gasteiger partial charge in [-0.25, -0.2) is 9.67 Å². The third-order valence-corrected chi connectivity index (χ3v) is 6.83. The number of nitrogens with one attached hydrogen (secondary N) is 1. The number of pyridine rings is 1. The number of carbonyl (C=O) groups is 1. The van der Waals surface area contributed by atoms with Crippen LogP contribution in [0.15, 0.2) is 85.2 Å². The average Bonchev–Trinajstić information content (AvgIpc) is 3.35. The third kappa shape index (κ3) is 4.88. The van der Waals surface area contributed by atoms with Gasteiger partial charge in [0.2, 0.25) is 0 Å². The molecule has 0 radical (unpaired) electrons. The summed E-state index contributed by atoms with van der Waals surface area (Å²) < 4.78 is 1.84. The van der Waals surface area contributed by atoms with E-state index < -0.39 is 5.60 Å². The first-order valence-corrected chi connectivity index (χ1v) is 12.5. The second-order valence-electron chi connectivity index (χ2n) is 9.25. The Hall–Kier alpha value is -3.97. The predicted molar refractivity (Wildman–Crippen MR) is 142 cm³/mol. The Morgan fingerprint density at radius 2 is 1.67 bits per heavy atom. The normalized spacial score (nSPS) is 15.0. The molecule has 0 saturated carbocycles. The zero-order chi connectivity index (χ0) is 25.0. The van der Waals surface area contributed by atoms with E-state index in [1.165, 1.54) is 0 Å². The number of aliphatic hydroxyl groups is 1. The van der Waals surface area contributed by atoms with E-state index in [0.29, 0.717) is 37.2 Å². The largest absolute Gasteiger partial charge is 0.385 e. The minimum Gasteiger partial charge on any atom is -0.385 e. The van der Waals surface area contributed by atoms with Crippen LogP contribution in [-0.4, -0.2) is 38.9 Å². The van der Waals surface area contributed by atoms with Crippen LogP contribution in [0.2, 0.25) is 0 Å². The van der Waals surface area contributed by atoms with Gasteiger partial charge in [0.05, 0.1) is 40.6 Å². The molecule has 2 aromatic heterocycles. The number of carbonyl (C=O) groups excluding carboxylic acids is 1. The van der Waals surface area contributed by atoms with Gasteiger partial charge in [-0.3, -0.25) is 4.79 Å². The lowest BCUT2D eigenvalue weighted by atomic mass is 9.84. The summed E-state index contributed by atoms with van der Waals surface area (Å²) in [5.41, 5.74) is 3.20. The Labute approximate surface area is 211 Å². The van der Waals surface area contributed by atoms with Gasteiger partial charge in [-0.1, -0.05) is 61.9 Å². The van der Waals surface area contributed by atoms with Gasteiger partial charge in [-0.2, -0.15) is 5.10 Å². The standard InChI is InChI=1S/C29H31N5O2/c1-2-9-26-25(21-31-34(26)24-12-7-4-8-13-24)28(35)32-23-14-15-27(30-20-23)33-18-16-29(36,17-19-33)22-10-5-3-6-11-22/h3-8,10-15,20-21,36H,2,9,16-19H2,1H3,(H,32,35).